The molecular formula is C17H25N3. The van der Waals surface area contributed by atoms with Gasteiger partial charge in [0.05, 0.1) is 11.9 Å². The van der Waals surface area contributed by atoms with Crippen LogP contribution in [0.1, 0.15) is 35.6 Å². The molecule has 3 heteroatoms. The number of aryl methyl sites for hydroxylation is 4. The summed E-state index contributed by atoms with van der Waals surface area (Å²) in [6.45, 7) is 10.7. The standard InChI is InChI=1S/C17H25N3/c1-5-18-8-6-7-16-11-19-20(12-16)17-14(3)9-13(2)10-15(17)4/h9-12,18H,5-8H2,1-4H3. The summed E-state index contributed by atoms with van der Waals surface area (Å²) < 4.78 is 2.02. The molecule has 0 aliphatic carbocycles. The third-order valence-electron chi connectivity index (χ3n) is 3.57. The highest BCUT2D eigenvalue weighted by Crippen LogP contribution is 2.20. The van der Waals surface area contributed by atoms with Crippen molar-refractivity contribution < 1.29 is 0 Å². The molecular weight excluding hydrogens is 246 g/mol. The lowest BCUT2D eigenvalue weighted by Crippen LogP contribution is -2.14. The molecule has 0 fully saturated rings. The monoisotopic (exact) mass is 271 g/mol. The molecule has 0 radical (unpaired) electrons. The quantitative estimate of drug-likeness (QED) is 0.817. The number of benzene rings is 1. The minimum Gasteiger partial charge on any atom is -0.317 e. The highest BCUT2D eigenvalue weighted by Gasteiger charge is 2.08. The molecule has 0 amide bonds. The van der Waals surface area contributed by atoms with Gasteiger partial charge in [-0.15, -0.1) is 0 Å². The molecule has 0 atom stereocenters. The summed E-state index contributed by atoms with van der Waals surface area (Å²) in [5, 5.41) is 7.89. The Labute approximate surface area is 122 Å². The summed E-state index contributed by atoms with van der Waals surface area (Å²) in [5.41, 5.74) is 6.40. The molecule has 1 heterocycles. The Bertz CT molecular complexity index is 546. The van der Waals surface area contributed by atoms with E-state index in [0.29, 0.717) is 0 Å². The van der Waals surface area contributed by atoms with Gasteiger partial charge in [-0.2, -0.15) is 5.10 Å². The molecule has 0 bridgehead atoms. The number of nitrogens with one attached hydrogen (secondary N) is 1. The fraction of sp³-hybridized carbons (Fsp3) is 0.471. The van der Waals surface area contributed by atoms with Gasteiger partial charge >= 0.3 is 0 Å². The number of nitrogens with zero attached hydrogens (tertiary/aromatic N) is 2. The Balaban J connectivity index is 2.13. The summed E-state index contributed by atoms with van der Waals surface area (Å²) in [5.74, 6) is 0. The van der Waals surface area contributed by atoms with Gasteiger partial charge in [-0.25, -0.2) is 4.68 Å². The van der Waals surface area contributed by atoms with Gasteiger partial charge in [0.15, 0.2) is 0 Å². The van der Waals surface area contributed by atoms with E-state index in [1.807, 2.05) is 10.9 Å². The molecule has 0 aliphatic rings. The van der Waals surface area contributed by atoms with Gasteiger partial charge in [0.2, 0.25) is 0 Å². The lowest BCUT2D eigenvalue weighted by molar-refractivity contribution is 0.672. The topological polar surface area (TPSA) is 29.9 Å². The van der Waals surface area contributed by atoms with E-state index in [4.69, 9.17) is 0 Å². The molecule has 2 aromatic rings. The van der Waals surface area contributed by atoms with E-state index in [-0.39, 0.29) is 0 Å². The molecule has 0 saturated carbocycles. The molecule has 0 unspecified atom stereocenters. The largest absolute Gasteiger partial charge is 0.317 e. The van der Waals surface area contributed by atoms with E-state index in [1.54, 1.807) is 0 Å². The number of hydrogen-bond donors (Lipinski definition) is 1. The molecule has 0 spiro atoms. The Kier molecular flexibility index (Phi) is 4.96. The van der Waals surface area contributed by atoms with Crippen molar-refractivity contribution >= 4 is 0 Å². The van der Waals surface area contributed by atoms with E-state index in [9.17, 15) is 0 Å². The lowest BCUT2D eigenvalue weighted by atomic mass is 10.1. The van der Waals surface area contributed by atoms with E-state index in [1.165, 1.54) is 27.9 Å². The first-order chi connectivity index (χ1) is 9.61. The Hall–Kier alpha value is -1.61. The van der Waals surface area contributed by atoms with E-state index in [2.05, 4.69) is 56.4 Å². The summed E-state index contributed by atoms with van der Waals surface area (Å²) in [7, 11) is 0. The summed E-state index contributed by atoms with van der Waals surface area (Å²) in [6.07, 6.45) is 6.39. The molecule has 1 aromatic carbocycles. The summed E-state index contributed by atoms with van der Waals surface area (Å²) in [6, 6.07) is 4.43. The third kappa shape index (κ3) is 3.48. The van der Waals surface area contributed by atoms with Gasteiger partial charge in [-0.1, -0.05) is 24.6 Å². The molecule has 108 valence electrons. The van der Waals surface area contributed by atoms with Crippen molar-refractivity contribution in [2.24, 2.45) is 0 Å². The first kappa shape index (κ1) is 14.8. The van der Waals surface area contributed by atoms with Crippen LogP contribution in [0.15, 0.2) is 24.5 Å². The van der Waals surface area contributed by atoms with Gasteiger partial charge in [-0.3, -0.25) is 0 Å². The maximum absolute atomic E-state index is 4.53. The van der Waals surface area contributed by atoms with Crippen molar-refractivity contribution in [2.45, 2.75) is 40.5 Å². The van der Waals surface area contributed by atoms with Crippen LogP contribution in [0.3, 0.4) is 0 Å². The van der Waals surface area contributed by atoms with Crippen LogP contribution in [-0.4, -0.2) is 22.9 Å². The minimum atomic E-state index is 1.04. The van der Waals surface area contributed by atoms with Crippen molar-refractivity contribution in [2.75, 3.05) is 13.1 Å². The summed E-state index contributed by atoms with van der Waals surface area (Å²) >= 11 is 0. The van der Waals surface area contributed by atoms with E-state index in [0.717, 1.165) is 25.9 Å². The maximum Gasteiger partial charge on any atom is 0.0704 e. The van der Waals surface area contributed by atoms with Gasteiger partial charge in [-0.05, 0) is 63.4 Å². The van der Waals surface area contributed by atoms with Crippen molar-refractivity contribution in [1.82, 2.24) is 15.1 Å². The van der Waals surface area contributed by atoms with Gasteiger partial charge in [0.1, 0.15) is 0 Å². The maximum atomic E-state index is 4.53. The van der Waals surface area contributed by atoms with Crippen molar-refractivity contribution in [3.05, 3.63) is 46.8 Å². The zero-order chi connectivity index (χ0) is 14.5. The Morgan fingerprint density at radius 1 is 1.15 bits per heavy atom. The Morgan fingerprint density at radius 2 is 1.85 bits per heavy atom. The normalized spacial score (nSPS) is 11.0. The molecule has 3 nitrogen and oxygen atoms in total. The first-order valence-electron chi connectivity index (χ1n) is 7.44. The highest BCUT2D eigenvalue weighted by atomic mass is 15.3. The average molecular weight is 271 g/mol. The van der Waals surface area contributed by atoms with Crippen LogP contribution in [0.25, 0.3) is 5.69 Å². The lowest BCUT2D eigenvalue weighted by Gasteiger charge is -2.11. The second-order valence-corrected chi connectivity index (χ2v) is 5.50. The van der Waals surface area contributed by atoms with E-state index < -0.39 is 0 Å². The highest BCUT2D eigenvalue weighted by molar-refractivity contribution is 5.48. The molecule has 1 N–H and O–H groups in total. The first-order valence-corrected chi connectivity index (χ1v) is 7.44. The number of rotatable bonds is 6. The molecule has 2 rings (SSSR count). The minimum absolute atomic E-state index is 1.04. The molecule has 20 heavy (non-hydrogen) atoms. The SMILES string of the molecule is CCNCCCc1cnn(-c2c(C)cc(C)cc2C)c1. The fourth-order valence-electron chi connectivity index (χ4n) is 2.74. The van der Waals surface area contributed by atoms with Gasteiger partial charge in [0, 0.05) is 6.20 Å². The average Bonchev–Trinajstić information content (AvgIpc) is 2.82. The number of hydrogen-bond acceptors (Lipinski definition) is 2. The smallest absolute Gasteiger partial charge is 0.0704 e. The van der Waals surface area contributed by atoms with Crippen LogP contribution in [-0.2, 0) is 6.42 Å². The van der Waals surface area contributed by atoms with Crippen molar-refractivity contribution in [3.8, 4) is 5.69 Å². The molecule has 0 saturated heterocycles. The predicted molar refractivity (Wildman–Crippen MR) is 84.6 cm³/mol. The second-order valence-electron chi connectivity index (χ2n) is 5.50. The predicted octanol–water partition coefficient (Wildman–Crippen LogP) is 3.34. The Morgan fingerprint density at radius 3 is 2.50 bits per heavy atom. The van der Waals surface area contributed by atoms with Crippen LogP contribution in [0.4, 0.5) is 0 Å². The fourth-order valence-corrected chi connectivity index (χ4v) is 2.74. The molecule has 0 aliphatic heterocycles. The van der Waals surface area contributed by atoms with Crippen molar-refractivity contribution in [3.63, 3.8) is 0 Å². The van der Waals surface area contributed by atoms with Crippen LogP contribution < -0.4 is 5.32 Å². The number of aromatic nitrogens is 2. The van der Waals surface area contributed by atoms with Gasteiger partial charge < -0.3 is 5.32 Å². The summed E-state index contributed by atoms with van der Waals surface area (Å²) in [4.78, 5) is 0. The second kappa shape index (κ2) is 6.71. The van der Waals surface area contributed by atoms with Crippen LogP contribution in [0, 0.1) is 20.8 Å². The zero-order valence-corrected chi connectivity index (χ0v) is 13.0. The molecule has 1 aromatic heterocycles. The van der Waals surface area contributed by atoms with Gasteiger partial charge in [0.25, 0.3) is 0 Å². The van der Waals surface area contributed by atoms with E-state index >= 15 is 0 Å². The zero-order valence-electron chi connectivity index (χ0n) is 13.0. The van der Waals surface area contributed by atoms with Crippen molar-refractivity contribution in [1.29, 1.82) is 0 Å². The van der Waals surface area contributed by atoms with Crippen LogP contribution in [0.5, 0.6) is 0 Å². The third-order valence-corrected chi connectivity index (χ3v) is 3.57. The van der Waals surface area contributed by atoms with Crippen LogP contribution >= 0.6 is 0 Å². The van der Waals surface area contributed by atoms with Crippen LogP contribution in [0.2, 0.25) is 0 Å².